The quantitative estimate of drug-likeness (QED) is 0.586. The molecule has 1 aromatic heterocycles. The third kappa shape index (κ3) is 7.93. The van der Waals surface area contributed by atoms with Crippen LogP contribution in [-0.4, -0.2) is 35.9 Å². The van der Waals surface area contributed by atoms with Crippen molar-refractivity contribution < 1.29 is 9.59 Å². The van der Waals surface area contributed by atoms with E-state index in [-0.39, 0.29) is 42.3 Å². The van der Waals surface area contributed by atoms with Gasteiger partial charge in [0, 0.05) is 30.1 Å². The van der Waals surface area contributed by atoms with Crippen molar-refractivity contribution in [1.82, 2.24) is 15.6 Å². The fourth-order valence-electron chi connectivity index (χ4n) is 1.96. The Morgan fingerprint density at radius 1 is 1.22 bits per heavy atom. The van der Waals surface area contributed by atoms with Crippen molar-refractivity contribution in [2.24, 2.45) is 0 Å². The highest BCUT2D eigenvalue weighted by molar-refractivity contribution is 7.14. The van der Waals surface area contributed by atoms with Crippen molar-refractivity contribution in [1.29, 1.82) is 5.26 Å². The van der Waals surface area contributed by atoms with Crippen LogP contribution in [0.15, 0.2) is 29.6 Å². The standard InChI is InChI=1S/C17H19N5O2S.2ClH/c1-11(2)19-6-7-20-16(24)14-10-25-17(21-14)22-15(23)13-5-3-4-12(8-13)9-18;;/h3-5,8,10-11,19H,6-7H2,1-2H3,(H,20,24)(H,21,22,23);2*1H. The molecule has 0 fully saturated rings. The number of carbonyl (C=O) groups is 2. The number of halogens is 2. The van der Waals surface area contributed by atoms with E-state index in [2.05, 4.69) is 20.9 Å². The Bertz CT molecular complexity index is 805. The normalized spacial score (nSPS) is 9.56. The van der Waals surface area contributed by atoms with Crippen LogP contribution in [-0.2, 0) is 0 Å². The zero-order valence-electron chi connectivity index (χ0n) is 14.8. The highest BCUT2D eigenvalue weighted by Crippen LogP contribution is 2.16. The molecule has 1 heterocycles. The number of benzene rings is 1. The van der Waals surface area contributed by atoms with Gasteiger partial charge in [-0.05, 0) is 18.2 Å². The third-order valence-corrected chi connectivity index (χ3v) is 3.93. The number of amides is 2. The zero-order valence-corrected chi connectivity index (χ0v) is 17.3. The summed E-state index contributed by atoms with van der Waals surface area (Å²) in [5.41, 5.74) is 1.03. The molecule has 10 heteroatoms. The van der Waals surface area contributed by atoms with Crippen molar-refractivity contribution in [3.63, 3.8) is 0 Å². The van der Waals surface area contributed by atoms with Gasteiger partial charge in [-0.2, -0.15) is 5.26 Å². The lowest BCUT2D eigenvalue weighted by atomic mass is 10.1. The zero-order chi connectivity index (χ0) is 18.2. The van der Waals surface area contributed by atoms with E-state index in [1.807, 2.05) is 19.9 Å². The lowest BCUT2D eigenvalue weighted by molar-refractivity contribution is 0.0948. The number of nitrogens with one attached hydrogen (secondary N) is 3. The molecule has 0 aliphatic rings. The molecule has 0 aliphatic carbocycles. The third-order valence-electron chi connectivity index (χ3n) is 3.17. The smallest absolute Gasteiger partial charge is 0.270 e. The van der Waals surface area contributed by atoms with Gasteiger partial charge in [0.05, 0.1) is 11.6 Å². The summed E-state index contributed by atoms with van der Waals surface area (Å²) >= 11 is 1.17. The minimum atomic E-state index is -0.375. The summed E-state index contributed by atoms with van der Waals surface area (Å²) in [6.45, 7) is 5.23. The molecular weight excluding hydrogens is 409 g/mol. The summed E-state index contributed by atoms with van der Waals surface area (Å²) in [5.74, 6) is -0.659. The van der Waals surface area contributed by atoms with Gasteiger partial charge in [-0.15, -0.1) is 36.2 Å². The lowest BCUT2D eigenvalue weighted by Crippen LogP contribution is -2.34. The number of carbonyl (C=O) groups excluding carboxylic acids is 2. The number of anilines is 1. The van der Waals surface area contributed by atoms with Crippen LogP contribution in [0.5, 0.6) is 0 Å². The highest BCUT2D eigenvalue weighted by Gasteiger charge is 2.13. The predicted octanol–water partition coefficient (Wildman–Crippen LogP) is 2.84. The van der Waals surface area contributed by atoms with Gasteiger partial charge in [0.15, 0.2) is 5.13 Å². The van der Waals surface area contributed by atoms with Gasteiger partial charge < -0.3 is 10.6 Å². The Kier molecular flexibility index (Phi) is 11.3. The number of nitriles is 1. The predicted molar refractivity (Wildman–Crippen MR) is 111 cm³/mol. The van der Waals surface area contributed by atoms with Crippen LogP contribution in [0.1, 0.15) is 40.3 Å². The molecule has 3 N–H and O–H groups in total. The number of rotatable bonds is 7. The highest BCUT2D eigenvalue weighted by atomic mass is 35.5. The van der Waals surface area contributed by atoms with E-state index < -0.39 is 0 Å². The maximum atomic E-state index is 12.2. The van der Waals surface area contributed by atoms with Gasteiger partial charge in [0.25, 0.3) is 11.8 Å². The van der Waals surface area contributed by atoms with Gasteiger partial charge in [-0.3, -0.25) is 14.9 Å². The molecule has 0 unspecified atom stereocenters. The van der Waals surface area contributed by atoms with Crippen molar-refractivity contribution in [2.75, 3.05) is 18.4 Å². The first-order chi connectivity index (χ1) is 12.0. The van der Waals surface area contributed by atoms with Crippen LogP contribution in [0.4, 0.5) is 5.13 Å². The second-order valence-electron chi connectivity index (χ2n) is 5.55. The molecule has 0 bridgehead atoms. The first kappa shape index (κ1) is 24.8. The molecular formula is C17H21Cl2N5O2S. The first-order valence-corrected chi connectivity index (χ1v) is 8.66. The van der Waals surface area contributed by atoms with E-state index >= 15 is 0 Å². The molecule has 2 aromatic rings. The number of nitrogens with zero attached hydrogens (tertiary/aromatic N) is 2. The van der Waals surface area contributed by atoms with E-state index in [1.54, 1.807) is 23.6 Å². The second kappa shape index (κ2) is 12.3. The van der Waals surface area contributed by atoms with Crippen molar-refractivity contribution in [2.45, 2.75) is 19.9 Å². The van der Waals surface area contributed by atoms with Gasteiger partial charge >= 0.3 is 0 Å². The van der Waals surface area contributed by atoms with E-state index in [1.165, 1.54) is 17.4 Å². The molecule has 0 spiro atoms. The first-order valence-electron chi connectivity index (χ1n) is 7.78. The molecule has 0 saturated carbocycles. The van der Waals surface area contributed by atoms with E-state index in [0.717, 1.165) is 0 Å². The van der Waals surface area contributed by atoms with Crippen LogP contribution in [0, 0.1) is 11.3 Å². The molecule has 2 rings (SSSR count). The van der Waals surface area contributed by atoms with Crippen molar-refractivity contribution in [3.05, 3.63) is 46.5 Å². The van der Waals surface area contributed by atoms with Crippen LogP contribution in [0.3, 0.4) is 0 Å². The molecule has 7 nitrogen and oxygen atoms in total. The number of aromatic nitrogens is 1. The molecule has 0 saturated heterocycles. The number of hydrogen-bond donors (Lipinski definition) is 3. The second-order valence-corrected chi connectivity index (χ2v) is 6.41. The van der Waals surface area contributed by atoms with Crippen molar-refractivity contribution in [3.8, 4) is 6.07 Å². The maximum Gasteiger partial charge on any atom is 0.270 e. The minimum absolute atomic E-state index is 0. The minimum Gasteiger partial charge on any atom is -0.349 e. The largest absolute Gasteiger partial charge is 0.349 e. The molecule has 146 valence electrons. The molecule has 27 heavy (non-hydrogen) atoms. The van der Waals surface area contributed by atoms with E-state index in [0.29, 0.717) is 35.4 Å². The maximum absolute atomic E-state index is 12.2. The Hall–Kier alpha value is -2.18. The summed E-state index contributed by atoms with van der Waals surface area (Å²) in [6, 6.07) is 8.71. The van der Waals surface area contributed by atoms with Crippen LogP contribution < -0.4 is 16.0 Å². The summed E-state index contributed by atoms with van der Waals surface area (Å²) in [7, 11) is 0. The summed E-state index contributed by atoms with van der Waals surface area (Å²) in [4.78, 5) is 28.3. The van der Waals surface area contributed by atoms with Crippen LogP contribution in [0.2, 0.25) is 0 Å². The summed E-state index contributed by atoms with van der Waals surface area (Å²) in [5, 5.41) is 19.4. The molecule has 1 aromatic carbocycles. The average Bonchev–Trinajstić information content (AvgIpc) is 3.07. The molecule has 0 radical (unpaired) electrons. The molecule has 0 atom stereocenters. The SMILES string of the molecule is CC(C)NCCNC(=O)c1csc(NC(=O)c2cccc(C#N)c2)n1.Cl.Cl. The Morgan fingerprint density at radius 3 is 2.63 bits per heavy atom. The topological polar surface area (TPSA) is 107 Å². The van der Waals surface area contributed by atoms with E-state index in [4.69, 9.17) is 5.26 Å². The molecule has 2 amide bonds. The Morgan fingerprint density at radius 2 is 1.96 bits per heavy atom. The van der Waals surface area contributed by atoms with Gasteiger partial charge in [-0.1, -0.05) is 19.9 Å². The van der Waals surface area contributed by atoms with Crippen LogP contribution in [0.25, 0.3) is 0 Å². The number of thiazole rings is 1. The monoisotopic (exact) mass is 429 g/mol. The number of hydrogen-bond acceptors (Lipinski definition) is 6. The molecule has 0 aliphatic heterocycles. The van der Waals surface area contributed by atoms with E-state index in [9.17, 15) is 9.59 Å². The lowest BCUT2D eigenvalue weighted by Gasteiger charge is -2.08. The fraction of sp³-hybridized carbons (Fsp3) is 0.294. The van der Waals surface area contributed by atoms with Gasteiger partial charge in [0.1, 0.15) is 5.69 Å². The summed E-state index contributed by atoms with van der Waals surface area (Å²) < 4.78 is 0. The Labute approximate surface area is 174 Å². The van der Waals surface area contributed by atoms with Crippen LogP contribution >= 0.6 is 36.2 Å². The van der Waals surface area contributed by atoms with Gasteiger partial charge in [0.2, 0.25) is 0 Å². The van der Waals surface area contributed by atoms with Crippen molar-refractivity contribution >= 4 is 53.1 Å². The fourth-order valence-corrected chi connectivity index (χ4v) is 2.65. The van der Waals surface area contributed by atoms with Gasteiger partial charge in [-0.25, -0.2) is 4.98 Å². The summed E-state index contributed by atoms with van der Waals surface area (Å²) in [6.07, 6.45) is 0. The Balaban J connectivity index is 0.00000338. The average molecular weight is 430 g/mol.